The Morgan fingerprint density at radius 3 is 2.33 bits per heavy atom. The van der Waals surface area contributed by atoms with Crippen LogP contribution in [-0.2, 0) is 4.74 Å². The van der Waals surface area contributed by atoms with Crippen molar-refractivity contribution >= 4 is 11.8 Å². The fourth-order valence-corrected chi connectivity index (χ4v) is 3.08. The van der Waals surface area contributed by atoms with E-state index >= 15 is 0 Å². The fourth-order valence-electron chi connectivity index (χ4n) is 3.08. The maximum absolute atomic E-state index is 12.2. The van der Waals surface area contributed by atoms with Crippen molar-refractivity contribution in [2.45, 2.75) is 45.1 Å². The zero-order valence-electron chi connectivity index (χ0n) is 15.2. The van der Waals surface area contributed by atoms with Gasteiger partial charge in [-0.15, -0.1) is 0 Å². The summed E-state index contributed by atoms with van der Waals surface area (Å²) in [6, 6.07) is 6.55. The highest BCUT2D eigenvalue weighted by Crippen LogP contribution is 2.43. The van der Waals surface area contributed by atoms with Crippen LogP contribution in [0.5, 0.6) is 5.75 Å². The van der Waals surface area contributed by atoms with Crippen LogP contribution in [0.3, 0.4) is 0 Å². The lowest BCUT2D eigenvalue weighted by molar-refractivity contribution is 0.0240. The lowest BCUT2D eigenvalue weighted by Gasteiger charge is -2.37. The molecule has 1 heterocycles. The van der Waals surface area contributed by atoms with Gasteiger partial charge < -0.3 is 19.3 Å². The molecule has 0 atom stereocenters. The molecule has 24 heavy (non-hydrogen) atoms. The van der Waals surface area contributed by atoms with Crippen molar-refractivity contribution in [1.29, 1.82) is 0 Å². The average Bonchev–Trinajstić information content (AvgIpc) is 3.38. The molecule has 0 bridgehead atoms. The summed E-state index contributed by atoms with van der Waals surface area (Å²) < 4.78 is 11.1. The number of carbonyl (C=O) groups excluding carboxylic acids is 1. The van der Waals surface area contributed by atoms with Crippen molar-refractivity contribution in [3.8, 4) is 5.75 Å². The maximum atomic E-state index is 12.2. The first-order valence-corrected chi connectivity index (χ1v) is 8.78. The minimum absolute atomic E-state index is 0.224. The zero-order valence-corrected chi connectivity index (χ0v) is 15.2. The minimum atomic E-state index is -0.448. The van der Waals surface area contributed by atoms with Gasteiger partial charge in [0.1, 0.15) is 11.4 Å². The summed E-state index contributed by atoms with van der Waals surface area (Å²) >= 11 is 0. The van der Waals surface area contributed by atoms with Crippen LogP contribution in [0.2, 0.25) is 0 Å². The molecule has 2 aliphatic rings. The number of nitrogens with zero attached hydrogens (tertiary/aromatic N) is 2. The van der Waals surface area contributed by atoms with Crippen LogP contribution in [0.1, 0.15) is 45.1 Å². The molecule has 5 nitrogen and oxygen atoms in total. The Morgan fingerprint density at radius 2 is 1.79 bits per heavy atom. The van der Waals surface area contributed by atoms with E-state index in [9.17, 15) is 4.79 Å². The van der Waals surface area contributed by atoms with Crippen LogP contribution in [0.15, 0.2) is 18.2 Å². The lowest BCUT2D eigenvalue weighted by Crippen LogP contribution is -2.50. The number of ether oxygens (including phenoxy) is 2. The number of hydrogen-bond donors (Lipinski definition) is 0. The fraction of sp³-hybridized carbons (Fsp3) is 0.632. The van der Waals surface area contributed by atoms with Crippen LogP contribution >= 0.6 is 0 Å². The molecule has 1 aromatic carbocycles. The molecular formula is C19H28N2O3. The van der Waals surface area contributed by atoms with Crippen LogP contribution in [0, 0.1) is 0 Å². The SMILES string of the molecule is COc1cc(C2CC2)ccc1N1CCN(C(=O)OC(C)(C)C)CC1. The molecule has 0 radical (unpaired) electrons. The van der Waals surface area contributed by atoms with E-state index in [1.54, 1.807) is 12.0 Å². The Labute approximate surface area is 144 Å². The quantitative estimate of drug-likeness (QED) is 0.848. The van der Waals surface area contributed by atoms with Gasteiger partial charge >= 0.3 is 6.09 Å². The van der Waals surface area contributed by atoms with Gasteiger partial charge in [-0.1, -0.05) is 6.07 Å². The molecule has 1 aliphatic carbocycles. The van der Waals surface area contributed by atoms with E-state index in [0.29, 0.717) is 13.1 Å². The Balaban J connectivity index is 1.63. The van der Waals surface area contributed by atoms with Gasteiger partial charge in [-0.05, 0) is 57.2 Å². The summed E-state index contributed by atoms with van der Waals surface area (Å²) in [5.74, 6) is 1.65. The largest absolute Gasteiger partial charge is 0.495 e. The van der Waals surface area contributed by atoms with Crippen LogP contribution in [-0.4, -0.2) is 49.9 Å². The molecule has 1 saturated heterocycles. The van der Waals surface area contributed by atoms with Crippen LogP contribution in [0.25, 0.3) is 0 Å². The topological polar surface area (TPSA) is 42.0 Å². The highest BCUT2D eigenvalue weighted by atomic mass is 16.6. The van der Waals surface area contributed by atoms with Crippen molar-refractivity contribution in [2.75, 3.05) is 38.2 Å². The first-order valence-electron chi connectivity index (χ1n) is 8.78. The second-order valence-electron chi connectivity index (χ2n) is 7.66. The Kier molecular flexibility index (Phi) is 4.61. The van der Waals surface area contributed by atoms with Gasteiger partial charge in [-0.3, -0.25) is 0 Å². The van der Waals surface area contributed by atoms with Gasteiger partial charge in [-0.25, -0.2) is 4.79 Å². The summed E-state index contributed by atoms with van der Waals surface area (Å²) in [7, 11) is 1.73. The minimum Gasteiger partial charge on any atom is -0.495 e. The average molecular weight is 332 g/mol. The third-order valence-corrected chi connectivity index (χ3v) is 4.52. The number of carbonyl (C=O) groups is 1. The van der Waals surface area contributed by atoms with E-state index < -0.39 is 5.60 Å². The maximum Gasteiger partial charge on any atom is 0.410 e. The third kappa shape index (κ3) is 3.94. The van der Waals surface area contributed by atoms with Crippen molar-refractivity contribution in [3.63, 3.8) is 0 Å². The van der Waals surface area contributed by atoms with E-state index in [0.717, 1.165) is 30.4 Å². The second-order valence-corrected chi connectivity index (χ2v) is 7.66. The predicted octanol–water partition coefficient (Wildman–Crippen LogP) is 3.63. The van der Waals surface area contributed by atoms with Crippen molar-refractivity contribution in [1.82, 2.24) is 4.90 Å². The second kappa shape index (κ2) is 6.54. The van der Waals surface area contributed by atoms with Gasteiger partial charge in [0.2, 0.25) is 0 Å². The molecule has 0 unspecified atom stereocenters. The highest BCUT2D eigenvalue weighted by molar-refractivity contribution is 5.69. The first-order chi connectivity index (χ1) is 11.4. The molecule has 1 aromatic rings. The molecule has 2 fully saturated rings. The van der Waals surface area contributed by atoms with E-state index in [1.165, 1.54) is 18.4 Å². The predicted molar refractivity (Wildman–Crippen MR) is 95.0 cm³/mol. The Morgan fingerprint density at radius 1 is 1.12 bits per heavy atom. The molecule has 0 aromatic heterocycles. The molecule has 0 spiro atoms. The molecule has 132 valence electrons. The molecule has 5 heteroatoms. The normalized spacial score (nSPS) is 18.5. The summed E-state index contributed by atoms with van der Waals surface area (Å²) in [4.78, 5) is 16.2. The zero-order chi connectivity index (χ0) is 17.3. The van der Waals surface area contributed by atoms with Crippen molar-refractivity contribution in [2.24, 2.45) is 0 Å². The molecule has 1 aliphatic heterocycles. The number of rotatable bonds is 3. The number of hydrogen-bond acceptors (Lipinski definition) is 4. The smallest absolute Gasteiger partial charge is 0.410 e. The molecule has 0 N–H and O–H groups in total. The number of benzene rings is 1. The molecule has 3 rings (SSSR count). The molecular weight excluding hydrogens is 304 g/mol. The van der Waals surface area contributed by atoms with Gasteiger partial charge in [0.15, 0.2) is 0 Å². The van der Waals surface area contributed by atoms with Gasteiger partial charge in [0.05, 0.1) is 12.8 Å². The summed E-state index contributed by atoms with van der Waals surface area (Å²) in [6.07, 6.45) is 2.35. The summed E-state index contributed by atoms with van der Waals surface area (Å²) in [5.41, 5.74) is 2.05. The first kappa shape index (κ1) is 16.9. The Hall–Kier alpha value is -1.91. The molecule has 1 amide bonds. The van der Waals surface area contributed by atoms with E-state index in [4.69, 9.17) is 9.47 Å². The summed E-state index contributed by atoms with van der Waals surface area (Å²) in [5, 5.41) is 0. The van der Waals surface area contributed by atoms with Crippen molar-refractivity contribution < 1.29 is 14.3 Å². The third-order valence-electron chi connectivity index (χ3n) is 4.52. The lowest BCUT2D eigenvalue weighted by atomic mass is 10.1. The van der Waals surface area contributed by atoms with E-state index in [-0.39, 0.29) is 6.09 Å². The Bertz CT molecular complexity index is 597. The summed E-state index contributed by atoms with van der Waals surface area (Å²) in [6.45, 7) is 8.61. The van der Waals surface area contributed by atoms with Crippen LogP contribution < -0.4 is 9.64 Å². The van der Waals surface area contributed by atoms with Crippen molar-refractivity contribution in [3.05, 3.63) is 23.8 Å². The van der Waals surface area contributed by atoms with Crippen LogP contribution in [0.4, 0.5) is 10.5 Å². The van der Waals surface area contributed by atoms with Gasteiger partial charge in [0.25, 0.3) is 0 Å². The van der Waals surface area contributed by atoms with Gasteiger partial charge in [-0.2, -0.15) is 0 Å². The van der Waals surface area contributed by atoms with Gasteiger partial charge in [0, 0.05) is 26.2 Å². The number of amides is 1. The monoisotopic (exact) mass is 332 g/mol. The number of anilines is 1. The standard InChI is InChI=1S/C19H28N2O3/c1-19(2,3)24-18(22)21-11-9-20(10-12-21)16-8-7-15(14-5-6-14)13-17(16)23-4/h7-8,13-14H,5-6,9-12H2,1-4H3. The number of piperazine rings is 1. The number of methoxy groups -OCH3 is 1. The van der Waals surface area contributed by atoms with E-state index in [1.807, 2.05) is 20.8 Å². The molecule has 1 saturated carbocycles. The highest BCUT2D eigenvalue weighted by Gasteiger charge is 2.28. The van der Waals surface area contributed by atoms with E-state index in [2.05, 4.69) is 23.1 Å².